The van der Waals surface area contributed by atoms with Gasteiger partial charge in [0.05, 0.1) is 12.8 Å². The van der Waals surface area contributed by atoms with Crippen molar-refractivity contribution in [2.75, 3.05) is 18.2 Å². The van der Waals surface area contributed by atoms with E-state index in [9.17, 15) is 0 Å². The van der Waals surface area contributed by atoms with Crippen molar-refractivity contribution in [1.29, 1.82) is 0 Å². The van der Waals surface area contributed by atoms with E-state index in [1.54, 1.807) is 7.11 Å². The van der Waals surface area contributed by atoms with Crippen molar-refractivity contribution in [3.63, 3.8) is 0 Å². The van der Waals surface area contributed by atoms with Gasteiger partial charge in [-0.15, -0.1) is 0 Å². The first kappa shape index (κ1) is 12.7. The van der Waals surface area contributed by atoms with Crippen molar-refractivity contribution in [3.8, 4) is 5.75 Å². The van der Waals surface area contributed by atoms with Gasteiger partial charge in [0.2, 0.25) is 0 Å². The number of aryl methyl sites for hydroxylation is 1. The summed E-state index contributed by atoms with van der Waals surface area (Å²) in [6, 6.07) is 9.42. The van der Waals surface area contributed by atoms with Crippen LogP contribution in [-0.2, 0) is 0 Å². The average Bonchev–Trinajstić information content (AvgIpc) is 2.33. The zero-order valence-corrected chi connectivity index (χ0v) is 11.8. The maximum absolute atomic E-state index is 5.88. The summed E-state index contributed by atoms with van der Waals surface area (Å²) in [4.78, 5) is 4.36. The fourth-order valence-corrected chi connectivity index (χ4v) is 2.03. The Bertz CT molecular complexity index is 572. The molecule has 0 spiro atoms. The standard InChI is InChI=1S/C13H14BrN3O/c1-8-3-4-12(15)13(16-8)17-10-5-9(14)6-11(7-10)18-2/h3-7H,15H2,1-2H3,(H,16,17). The van der Waals surface area contributed by atoms with Crippen molar-refractivity contribution >= 4 is 33.1 Å². The van der Waals surface area contributed by atoms with Gasteiger partial charge in [-0.05, 0) is 31.2 Å². The highest BCUT2D eigenvalue weighted by Crippen LogP contribution is 2.28. The van der Waals surface area contributed by atoms with E-state index in [1.165, 1.54) is 0 Å². The maximum Gasteiger partial charge on any atom is 0.153 e. The number of hydrogen-bond acceptors (Lipinski definition) is 4. The Kier molecular flexibility index (Phi) is 3.72. The molecule has 0 fully saturated rings. The first-order valence-electron chi connectivity index (χ1n) is 5.43. The molecule has 4 nitrogen and oxygen atoms in total. The molecule has 94 valence electrons. The number of anilines is 3. The van der Waals surface area contributed by atoms with Crippen molar-refractivity contribution in [1.82, 2.24) is 4.98 Å². The second kappa shape index (κ2) is 5.27. The highest BCUT2D eigenvalue weighted by atomic mass is 79.9. The van der Waals surface area contributed by atoms with Crippen LogP contribution in [0.3, 0.4) is 0 Å². The largest absolute Gasteiger partial charge is 0.497 e. The summed E-state index contributed by atoms with van der Waals surface area (Å²) < 4.78 is 6.13. The maximum atomic E-state index is 5.88. The minimum Gasteiger partial charge on any atom is -0.497 e. The summed E-state index contributed by atoms with van der Waals surface area (Å²) >= 11 is 3.43. The topological polar surface area (TPSA) is 60.2 Å². The zero-order valence-electron chi connectivity index (χ0n) is 10.2. The van der Waals surface area contributed by atoms with Crippen LogP contribution in [0.4, 0.5) is 17.2 Å². The highest BCUT2D eigenvalue weighted by Gasteiger charge is 2.04. The molecule has 0 unspecified atom stereocenters. The highest BCUT2D eigenvalue weighted by molar-refractivity contribution is 9.10. The molecular weight excluding hydrogens is 294 g/mol. The number of methoxy groups -OCH3 is 1. The van der Waals surface area contributed by atoms with Crippen LogP contribution in [0.1, 0.15) is 5.69 Å². The van der Waals surface area contributed by atoms with Gasteiger partial charge in [0, 0.05) is 21.9 Å². The Labute approximate surface area is 114 Å². The second-order valence-corrected chi connectivity index (χ2v) is 4.81. The monoisotopic (exact) mass is 307 g/mol. The van der Waals surface area contributed by atoms with Crippen LogP contribution >= 0.6 is 15.9 Å². The van der Waals surface area contributed by atoms with Gasteiger partial charge in [-0.3, -0.25) is 0 Å². The summed E-state index contributed by atoms with van der Waals surface area (Å²) in [5, 5.41) is 3.18. The molecule has 18 heavy (non-hydrogen) atoms. The summed E-state index contributed by atoms with van der Waals surface area (Å²) in [6.07, 6.45) is 0. The van der Waals surface area contributed by atoms with Crippen molar-refractivity contribution in [3.05, 3.63) is 40.5 Å². The summed E-state index contributed by atoms with van der Waals surface area (Å²) in [7, 11) is 1.63. The van der Waals surface area contributed by atoms with E-state index in [0.717, 1.165) is 21.6 Å². The number of ether oxygens (including phenoxy) is 1. The molecule has 0 amide bonds. The fourth-order valence-electron chi connectivity index (χ4n) is 1.56. The fraction of sp³-hybridized carbons (Fsp3) is 0.154. The lowest BCUT2D eigenvalue weighted by molar-refractivity contribution is 0.415. The Morgan fingerprint density at radius 3 is 2.78 bits per heavy atom. The molecule has 2 rings (SSSR count). The number of hydrogen-bond donors (Lipinski definition) is 2. The lowest BCUT2D eigenvalue weighted by Gasteiger charge is -2.11. The smallest absolute Gasteiger partial charge is 0.153 e. The van der Waals surface area contributed by atoms with Crippen molar-refractivity contribution < 1.29 is 4.74 Å². The van der Waals surface area contributed by atoms with Gasteiger partial charge < -0.3 is 15.8 Å². The third kappa shape index (κ3) is 2.92. The van der Waals surface area contributed by atoms with Crippen molar-refractivity contribution in [2.24, 2.45) is 0 Å². The predicted molar refractivity (Wildman–Crippen MR) is 77.4 cm³/mol. The number of nitrogens with one attached hydrogen (secondary N) is 1. The number of benzene rings is 1. The molecule has 0 aliphatic heterocycles. The van der Waals surface area contributed by atoms with Gasteiger partial charge in [-0.1, -0.05) is 15.9 Å². The number of halogens is 1. The number of nitrogens with two attached hydrogens (primary N) is 1. The Morgan fingerprint density at radius 1 is 1.28 bits per heavy atom. The minimum atomic E-state index is 0.611. The molecule has 1 aromatic carbocycles. The Hall–Kier alpha value is -1.75. The van der Waals surface area contributed by atoms with E-state index >= 15 is 0 Å². The van der Waals surface area contributed by atoms with Gasteiger partial charge in [0.15, 0.2) is 5.82 Å². The normalized spacial score (nSPS) is 10.2. The summed E-state index contributed by atoms with van der Waals surface area (Å²) in [5.74, 6) is 1.41. The molecule has 2 aromatic rings. The predicted octanol–water partition coefficient (Wildman–Crippen LogP) is 3.49. The van der Waals surface area contributed by atoms with Gasteiger partial charge in [-0.2, -0.15) is 0 Å². The van der Waals surface area contributed by atoms with Crippen LogP contribution in [0.2, 0.25) is 0 Å². The number of rotatable bonds is 3. The van der Waals surface area contributed by atoms with Gasteiger partial charge in [0.1, 0.15) is 5.75 Å². The van der Waals surface area contributed by atoms with Crippen LogP contribution in [-0.4, -0.2) is 12.1 Å². The molecule has 1 aromatic heterocycles. The number of pyridine rings is 1. The SMILES string of the molecule is COc1cc(Br)cc(Nc2nc(C)ccc2N)c1. The number of nitrogens with zero attached hydrogens (tertiary/aromatic N) is 1. The molecule has 5 heteroatoms. The molecule has 0 saturated heterocycles. The molecule has 0 aliphatic carbocycles. The van der Waals surface area contributed by atoms with Crippen LogP contribution in [0, 0.1) is 6.92 Å². The van der Waals surface area contributed by atoms with E-state index in [4.69, 9.17) is 10.5 Å². The van der Waals surface area contributed by atoms with Gasteiger partial charge in [-0.25, -0.2) is 4.98 Å². The molecular formula is C13H14BrN3O. The molecule has 0 radical (unpaired) electrons. The van der Waals surface area contributed by atoms with E-state index < -0.39 is 0 Å². The lowest BCUT2D eigenvalue weighted by atomic mass is 10.3. The van der Waals surface area contributed by atoms with E-state index in [2.05, 4.69) is 26.2 Å². The lowest BCUT2D eigenvalue weighted by Crippen LogP contribution is -2.00. The molecule has 0 saturated carbocycles. The molecule has 0 aliphatic rings. The first-order chi connectivity index (χ1) is 8.58. The summed E-state index contributed by atoms with van der Waals surface area (Å²) in [6.45, 7) is 1.92. The Balaban J connectivity index is 2.33. The minimum absolute atomic E-state index is 0.611. The van der Waals surface area contributed by atoms with Gasteiger partial charge in [0.25, 0.3) is 0 Å². The molecule has 0 atom stereocenters. The summed E-state index contributed by atoms with van der Waals surface area (Å²) in [5.41, 5.74) is 8.27. The third-order valence-corrected chi connectivity index (χ3v) is 2.89. The van der Waals surface area contributed by atoms with Gasteiger partial charge >= 0.3 is 0 Å². The van der Waals surface area contributed by atoms with Crippen LogP contribution < -0.4 is 15.8 Å². The Morgan fingerprint density at radius 2 is 2.06 bits per heavy atom. The van der Waals surface area contributed by atoms with E-state index in [0.29, 0.717) is 11.5 Å². The van der Waals surface area contributed by atoms with E-state index in [-0.39, 0.29) is 0 Å². The molecule has 3 N–H and O–H groups in total. The number of aromatic nitrogens is 1. The van der Waals surface area contributed by atoms with Crippen LogP contribution in [0.5, 0.6) is 5.75 Å². The molecule has 1 heterocycles. The first-order valence-corrected chi connectivity index (χ1v) is 6.22. The third-order valence-electron chi connectivity index (χ3n) is 2.44. The number of nitrogen functional groups attached to an aromatic ring is 1. The zero-order chi connectivity index (χ0) is 13.1. The van der Waals surface area contributed by atoms with Crippen LogP contribution in [0.25, 0.3) is 0 Å². The second-order valence-electron chi connectivity index (χ2n) is 3.90. The quantitative estimate of drug-likeness (QED) is 0.911. The van der Waals surface area contributed by atoms with E-state index in [1.807, 2.05) is 37.3 Å². The van der Waals surface area contributed by atoms with Crippen LogP contribution in [0.15, 0.2) is 34.8 Å². The van der Waals surface area contributed by atoms with Crippen molar-refractivity contribution in [2.45, 2.75) is 6.92 Å². The molecule has 0 bridgehead atoms. The average molecular weight is 308 g/mol.